The van der Waals surface area contributed by atoms with E-state index in [1.165, 1.54) is 0 Å². The average Bonchev–Trinajstić information content (AvgIpc) is 2.73. The number of esters is 1. The van der Waals surface area contributed by atoms with E-state index < -0.39 is 5.97 Å². The first-order valence-corrected chi connectivity index (χ1v) is 8.80. The first-order chi connectivity index (χ1) is 13.1. The van der Waals surface area contributed by atoms with Gasteiger partial charge in [-0.25, -0.2) is 4.79 Å². The lowest BCUT2D eigenvalue weighted by atomic mass is 10.0. The molecule has 3 aromatic rings. The van der Waals surface area contributed by atoms with Crippen molar-refractivity contribution in [2.24, 2.45) is 0 Å². The van der Waals surface area contributed by atoms with Gasteiger partial charge in [0.1, 0.15) is 0 Å². The van der Waals surface area contributed by atoms with E-state index in [4.69, 9.17) is 4.74 Å². The minimum absolute atomic E-state index is 0.150. The second-order valence-corrected chi connectivity index (χ2v) is 6.22. The first-order valence-electron chi connectivity index (χ1n) is 8.80. The summed E-state index contributed by atoms with van der Waals surface area (Å²) >= 11 is 0. The number of carbonyl (C=O) groups is 2. The Morgan fingerprint density at radius 2 is 1.37 bits per heavy atom. The topological polar surface area (TPSA) is 55.4 Å². The van der Waals surface area contributed by atoms with Crippen LogP contribution in [0.25, 0.3) is 11.1 Å². The number of rotatable bonds is 6. The molecule has 1 atom stereocenters. The summed E-state index contributed by atoms with van der Waals surface area (Å²) in [5.74, 6) is -0.849. The SMILES string of the molecule is C[C@@H](NC(=O)COC(=O)c1ccc(-c2ccccc2)cc1)c1ccccc1. The molecule has 0 saturated heterocycles. The Hall–Kier alpha value is -3.40. The van der Waals surface area contributed by atoms with Crippen LogP contribution in [-0.2, 0) is 9.53 Å². The van der Waals surface area contributed by atoms with Gasteiger partial charge in [0.25, 0.3) is 5.91 Å². The van der Waals surface area contributed by atoms with Gasteiger partial charge in [-0.2, -0.15) is 0 Å². The van der Waals surface area contributed by atoms with E-state index in [1.807, 2.05) is 79.7 Å². The number of carbonyl (C=O) groups excluding carboxylic acids is 2. The predicted octanol–water partition coefficient (Wildman–Crippen LogP) is 4.39. The van der Waals surface area contributed by atoms with Crippen LogP contribution >= 0.6 is 0 Å². The monoisotopic (exact) mass is 359 g/mol. The quantitative estimate of drug-likeness (QED) is 0.664. The molecule has 0 fully saturated rings. The van der Waals surface area contributed by atoms with Gasteiger partial charge >= 0.3 is 5.97 Å². The van der Waals surface area contributed by atoms with Crippen LogP contribution in [0.3, 0.4) is 0 Å². The van der Waals surface area contributed by atoms with Gasteiger partial charge in [-0.1, -0.05) is 72.8 Å². The lowest BCUT2D eigenvalue weighted by Crippen LogP contribution is -2.31. The van der Waals surface area contributed by atoms with Gasteiger partial charge in [0, 0.05) is 0 Å². The van der Waals surface area contributed by atoms with E-state index in [2.05, 4.69) is 5.32 Å². The molecule has 0 radical (unpaired) electrons. The summed E-state index contributed by atoms with van der Waals surface area (Å²) in [7, 11) is 0. The maximum absolute atomic E-state index is 12.2. The minimum Gasteiger partial charge on any atom is -0.452 e. The zero-order valence-electron chi connectivity index (χ0n) is 15.1. The summed E-state index contributed by atoms with van der Waals surface area (Å²) in [5, 5.41) is 2.82. The Bertz CT molecular complexity index is 890. The fourth-order valence-corrected chi connectivity index (χ4v) is 2.75. The Morgan fingerprint density at radius 1 is 0.815 bits per heavy atom. The van der Waals surface area contributed by atoms with Crippen molar-refractivity contribution in [2.45, 2.75) is 13.0 Å². The van der Waals surface area contributed by atoms with Crippen molar-refractivity contribution >= 4 is 11.9 Å². The molecule has 0 bridgehead atoms. The standard InChI is InChI=1S/C23H21NO3/c1-17(18-8-4-2-5-9-18)24-22(25)16-27-23(26)21-14-12-20(13-15-21)19-10-6-3-7-11-19/h2-15,17H,16H2,1H3,(H,24,25)/t17-/m1/s1. The van der Waals surface area contributed by atoms with E-state index in [0.717, 1.165) is 16.7 Å². The van der Waals surface area contributed by atoms with Gasteiger partial charge in [-0.15, -0.1) is 0 Å². The molecule has 1 amide bonds. The maximum Gasteiger partial charge on any atom is 0.338 e. The van der Waals surface area contributed by atoms with E-state index in [-0.39, 0.29) is 18.6 Å². The molecular formula is C23H21NO3. The smallest absolute Gasteiger partial charge is 0.338 e. The Labute approximate surface area is 158 Å². The fraction of sp³-hybridized carbons (Fsp3) is 0.130. The lowest BCUT2D eigenvalue weighted by Gasteiger charge is -2.14. The summed E-state index contributed by atoms with van der Waals surface area (Å²) < 4.78 is 5.12. The van der Waals surface area contributed by atoms with Gasteiger partial charge < -0.3 is 10.1 Å². The lowest BCUT2D eigenvalue weighted by molar-refractivity contribution is -0.124. The van der Waals surface area contributed by atoms with Gasteiger partial charge in [0.05, 0.1) is 11.6 Å². The zero-order valence-corrected chi connectivity index (χ0v) is 15.1. The molecule has 4 nitrogen and oxygen atoms in total. The second-order valence-electron chi connectivity index (χ2n) is 6.22. The molecule has 136 valence electrons. The summed E-state index contributed by atoms with van der Waals surface area (Å²) in [6, 6.07) is 26.5. The zero-order chi connectivity index (χ0) is 19.1. The van der Waals surface area contributed by atoms with Crippen LogP contribution in [0.5, 0.6) is 0 Å². The normalized spacial score (nSPS) is 11.4. The van der Waals surface area contributed by atoms with Crippen LogP contribution in [0.1, 0.15) is 28.9 Å². The van der Waals surface area contributed by atoms with Crippen molar-refractivity contribution in [1.82, 2.24) is 5.32 Å². The van der Waals surface area contributed by atoms with Crippen LogP contribution in [0, 0.1) is 0 Å². The van der Waals surface area contributed by atoms with Crippen LogP contribution in [-0.4, -0.2) is 18.5 Å². The molecule has 0 saturated carbocycles. The highest BCUT2D eigenvalue weighted by Gasteiger charge is 2.13. The number of amides is 1. The summed E-state index contributed by atoms with van der Waals surface area (Å²) in [6.45, 7) is 1.58. The van der Waals surface area contributed by atoms with Crippen molar-refractivity contribution in [2.75, 3.05) is 6.61 Å². The highest BCUT2D eigenvalue weighted by molar-refractivity contribution is 5.91. The van der Waals surface area contributed by atoms with Crippen molar-refractivity contribution in [3.63, 3.8) is 0 Å². The van der Waals surface area contributed by atoms with E-state index >= 15 is 0 Å². The number of ether oxygens (including phenoxy) is 1. The van der Waals surface area contributed by atoms with Crippen LogP contribution in [0.2, 0.25) is 0 Å². The molecule has 3 aromatic carbocycles. The van der Waals surface area contributed by atoms with Gasteiger partial charge in [-0.05, 0) is 35.7 Å². The highest BCUT2D eigenvalue weighted by Crippen LogP contribution is 2.19. The fourth-order valence-electron chi connectivity index (χ4n) is 2.75. The third kappa shape index (κ3) is 5.05. The molecule has 1 N–H and O–H groups in total. The summed E-state index contributed by atoms with van der Waals surface area (Å²) in [5.41, 5.74) is 3.50. The van der Waals surface area contributed by atoms with Crippen molar-refractivity contribution in [3.05, 3.63) is 96.1 Å². The molecular weight excluding hydrogens is 338 g/mol. The number of benzene rings is 3. The third-order valence-corrected chi connectivity index (χ3v) is 4.24. The van der Waals surface area contributed by atoms with E-state index in [0.29, 0.717) is 5.56 Å². The molecule has 27 heavy (non-hydrogen) atoms. The van der Waals surface area contributed by atoms with Gasteiger partial charge in [0.2, 0.25) is 0 Å². The largest absolute Gasteiger partial charge is 0.452 e. The summed E-state index contributed by atoms with van der Waals surface area (Å²) in [4.78, 5) is 24.2. The second kappa shape index (κ2) is 8.81. The number of nitrogens with one attached hydrogen (secondary N) is 1. The molecule has 4 heteroatoms. The van der Waals surface area contributed by atoms with Crippen molar-refractivity contribution < 1.29 is 14.3 Å². The Kier molecular flexibility index (Phi) is 6.00. The molecule has 0 unspecified atom stereocenters. The third-order valence-electron chi connectivity index (χ3n) is 4.24. The van der Waals surface area contributed by atoms with Crippen molar-refractivity contribution in [3.8, 4) is 11.1 Å². The molecule has 0 aliphatic carbocycles. The van der Waals surface area contributed by atoms with Crippen molar-refractivity contribution in [1.29, 1.82) is 0 Å². The Balaban J connectivity index is 1.52. The van der Waals surface area contributed by atoms with Crippen LogP contribution < -0.4 is 5.32 Å². The molecule has 0 aromatic heterocycles. The van der Waals surface area contributed by atoms with Gasteiger partial charge in [0.15, 0.2) is 6.61 Å². The van der Waals surface area contributed by atoms with E-state index in [1.54, 1.807) is 12.1 Å². The first kappa shape index (κ1) is 18.4. The number of hydrogen-bond donors (Lipinski definition) is 1. The van der Waals surface area contributed by atoms with E-state index in [9.17, 15) is 9.59 Å². The maximum atomic E-state index is 12.2. The predicted molar refractivity (Wildman–Crippen MR) is 105 cm³/mol. The average molecular weight is 359 g/mol. The summed E-state index contributed by atoms with van der Waals surface area (Å²) in [6.07, 6.45) is 0. The molecule has 3 rings (SSSR count). The molecule has 0 aliphatic rings. The number of hydrogen-bond acceptors (Lipinski definition) is 3. The Morgan fingerprint density at radius 3 is 2.00 bits per heavy atom. The highest BCUT2D eigenvalue weighted by atomic mass is 16.5. The molecule has 0 heterocycles. The van der Waals surface area contributed by atoms with Crippen LogP contribution in [0.4, 0.5) is 0 Å². The molecule has 0 spiro atoms. The molecule has 0 aliphatic heterocycles. The van der Waals surface area contributed by atoms with Gasteiger partial charge in [-0.3, -0.25) is 4.79 Å². The van der Waals surface area contributed by atoms with Crippen LogP contribution in [0.15, 0.2) is 84.9 Å². The minimum atomic E-state index is -0.517.